The second-order valence-corrected chi connectivity index (χ2v) is 6.57. The van der Waals surface area contributed by atoms with Crippen LogP contribution in [0.4, 0.5) is 4.79 Å². The Morgan fingerprint density at radius 3 is 2.67 bits per heavy atom. The SMILES string of the molecule is Cc1ccc(C2(C)NC(=O)N(CC(=O)NC3CCNC3)C2=O)cc1. The molecule has 2 heterocycles. The monoisotopic (exact) mass is 330 g/mol. The smallest absolute Gasteiger partial charge is 0.325 e. The predicted molar refractivity (Wildman–Crippen MR) is 88.2 cm³/mol. The third-order valence-corrected chi connectivity index (χ3v) is 4.63. The molecule has 0 spiro atoms. The Labute approximate surface area is 140 Å². The molecule has 128 valence electrons. The molecule has 3 rings (SSSR count). The number of imide groups is 1. The van der Waals surface area contributed by atoms with Crippen LogP contribution in [0.5, 0.6) is 0 Å². The number of amides is 4. The number of hydrogen-bond donors (Lipinski definition) is 3. The normalized spacial score (nSPS) is 26.6. The van der Waals surface area contributed by atoms with Crippen molar-refractivity contribution in [1.29, 1.82) is 0 Å². The molecule has 0 aliphatic carbocycles. The van der Waals surface area contributed by atoms with Crippen LogP contribution >= 0.6 is 0 Å². The van der Waals surface area contributed by atoms with Gasteiger partial charge in [-0.15, -0.1) is 0 Å². The highest BCUT2D eigenvalue weighted by Gasteiger charge is 2.49. The van der Waals surface area contributed by atoms with E-state index in [0.29, 0.717) is 12.1 Å². The highest BCUT2D eigenvalue weighted by Crippen LogP contribution is 2.28. The topological polar surface area (TPSA) is 90.5 Å². The Morgan fingerprint density at radius 2 is 2.04 bits per heavy atom. The van der Waals surface area contributed by atoms with Gasteiger partial charge >= 0.3 is 6.03 Å². The Morgan fingerprint density at radius 1 is 1.33 bits per heavy atom. The number of nitrogens with one attached hydrogen (secondary N) is 3. The molecule has 0 saturated carbocycles. The van der Waals surface area contributed by atoms with Gasteiger partial charge in [0.25, 0.3) is 5.91 Å². The third-order valence-electron chi connectivity index (χ3n) is 4.63. The lowest BCUT2D eigenvalue weighted by molar-refractivity contribution is -0.135. The summed E-state index contributed by atoms with van der Waals surface area (Å²) in [6.45, 7) is 4.93. The summed E-state index contributed by atoms with van der Waals surface area (Å²) < 4.78 is 0. The average molecular weight is 330 g/mol. The summed E-state index contributed by atoms with van der Waals surface area (Å²) in [6.07, 6.45) is 0.854. The molecule has 2 aliphatic rings. The minimum atomic E-state index is -1.14. The minimum Gasteiger partial charge on any atom is -0.350 e. The summed E-state index contributed by atoms with van der Waals surface area (Å²) in [5.74, 6) is -0.726. The fourth-order valence-electron chi connectivity index (χ4n) is 3.12. The van der Waals surface area contributed by atoms with Crippen molar-refractivity contribution in [3.05, 3.63) is 35.4 Å². The van der Waals surface area contributed by atoms with Gasteiger partial charge < -0.3 is 16.0 Å². The van der Waals surface area contributed by atoms with E-state index in [4.69, 9.17) is 0 Å². The maximum absolute atomic E-state index is 12.7. The molecule has 7 heteroatoms. The summed E-state index contributed by atoms with van der Waals surface area (Å²) in [6, 6.07) is 6.94. The van der Waals surface area contributed by atoms with E-state index in [1.165, 1.54) is 0 Å². The zero-order chi connectivity index (χ0) is 17.3. The first-order chi connectivity index (χ1) is 11.4. The van der Waals surface area contributed by atoms with E-state index in [0.717, 1.165) is 23.4 Å². The second kappa shape index (κ2) is 6.24. The van der Waals surface area contributed by atoms with E-state index in [-0.39, 0.29) is 18.5 Å². The van der Waals surface area contributed by atoms with E-state index < -0.39 is 17.5 Å². The number of benzene rings is 1. The molecule has 0 aromatic heterocycles. The molecule has 2 unspecified atom stereocenters. The van der Waals surface area contributed by atoms with Crippen molar-refractivity contribution < 1.29 is 14.4 Å². The highest BCUT2D eigenvalue weighted by molar-refractivity contribution is 6.09. The van der Waals surface area contributed by atoms with E-state index >= 15 is 0 Å². The molecule has 4 amide bonds. The standard InChI is InChI=1S/C17H22N4O3/c1-11-3-5-12(6-4-11)17(2)15(23)21(16(24)20-17)10-14(22)19-13-7-8-18-9-13/h3-6,13,18H,7-10H2,1-2H3,(H,19,22)(H,20,24). The van der Waals surface area contributed by atoms with Crippen LogP contribution in [-0.2, 0) is 15.1 Å². The van der Waals surface area contributed by atoms with E-state index in [2.05, 4.69) is 16.0 Å². The van der Waals surface area contributed by atoms with E-state index in [1.54, 1.807) is 6.92 Å². The van der Waals surface area contributed by atoms with Crippen LogP contribution in [0.2, 0.25) is 0 Å². The molecule has 2 atom stereocenters. The van der Waals surface area contributed by atoms with E-state index in [1.807, 2.05) is 31.2 Å². The van der Waals surface area contributed by atoms with Crippen molar-refractivity contribution in [2.24, 2.45) is 0 Å². The van der Waals surface area contributed by atoms with Gasteiger partial charge in [-0.2, -0.15) is 0 Å². The molecule has 2 fully saturated rings. The maximum atomic E-state index is 12.7. The van der Waals surface area contributed by atoms with Gasteiger partial charge in [0, 0.05) is 12.6 Å². The fraction of sp³-hybridized carbons (Fsp3) is 0.471. The molecule has 24 heavy (non-hydrogen) atoms. The van der Waals surface area contributed by atoms with Crippen molar-refractivity contribution in [3.8, 4) is 0 Å². The Balaban J connectivity index is 1.71. The quantitative estimate of drug-likeness (QED) is 0.690. The first-order valence-corrected chi connectivity index (χ1v) is 8.11. The molecule has 1 aromatic rings. The number of carbonyl (C=O) groups is 3. The van der Waals surface area contributed by atoms with Crippen molar-refractivity contribution in [1.82, 2.24) is 20.9 Å². The van der Waals surface area contributed by atoms with E-state index in [9.17, 15) is 14.4 Å². The number of aryl methyl sites for hydroxylation is 1. The summed E-state index contributed by atoms with van der Waals surface area (Å²) >= 11 is 0. The molecular formula is C17H22N4O3. The number of carbonyl (C=O) groups excluding carboxylic acids is 3. The number of nitrogens with zero attached hydrogens (tertiary/aromatic N) is 1. The van der Waals surface area contributed by atoms with Crippen LogP contribution in [0.15, 0.2) is 24.3 Å². The maximum Gasteiger partial charge on any atom is 0.325 e. The molecule has 7 nitrogen and oxygen atoms in total. The van der Waals surface area contributed by atoms with Crippen LogP contribution in [0, 0.1) is 6.92 Å². The Hall–Kier alpha value is -2.41. The summed E-state index contributed by atoms with van der Waals surface area (Å²) in [5, 5.41) is 8.71. The Bertz CT molecular complexity index is 667. The molecular weight excluding hydrogens is 308 g/mol. The van der Waals surface area contributed by atoms with Crippen LogP contribution in [0.3, 0.4) is 0 Å². The predicted octanol–water partition coefficient (Wildman–Crippen LogP) is 0.240. The van der Waals surface area contributed by atoms with Gasteiger partial charge in [0.2, 0.25) is 5.91 Å². The van der Waals surface area contributed by atoms with Gasteiger partial charge in [-0.25, -0.2) is 4.79 Å². The zero-order valence-electron chi connectivity index (χ0n) is 13.9. The van der Waals surface area contributed by atoms with Gasteiger partial charge in [0.1, 0.15) is 12.1 Å². The first kappa shape index (κ1) is 16.4. The highest BCUT2D eigenvalue weighted by atomic mass is 16.2. The molecule has 0 radical (unpaired) electrons. The number of rotatable bonds is 4. The summed E-state index contributed by atoms with van der Waals surface area (Å²) in [4.78, 5) is 38.1. The molecule has 0 bridgehead atoms. The molecule has 3 N–H and O–H groups in total. The van der Waals surface area contributed by atoms with Gasteiger partial charge in [-0.1, -0.05) is 29.8 Å². The summed E-state index contributed by atoms with van der Waals surface area (Å²) in [7, 11) is 0. The minimum absolute atomic E-state index is 0.0572. The fourth-order valence-corrected chi connectivity index (χ4v) is 3.12. The Kier molecular flexibility index (Phi) is 4.28. The summed E-state index contributed by atoms with van der Waals surface area (Å²) in [5.41, 5.74) is 0.634. The van der Waals surface area contributed by atoms with Gasteiger partial charge in [0.05, 0.1) is 0 Å². The first-order valence-electron chi connectivity index (χ1n) is 8.11. The van der Waals surface area contributed by atoms with Crippen molar-refractivity contribution in [3.63, 3.8) is 0 Å². The molecule has 2 aliphatic heterocycles. The van der Waals surface area contributed by atoms with Gasteiger partial charge in [-0.3, -0.25) is 14.5 Å². The number of hydrogen-bond acceptors (Lipinski definition) is 4. The van der Waals surface area contributed by atoms with Crippen LogP contribution < -0.4 is 16.0 Å². The van der Waals surface area contributed by atoms with Crippen molar-refractivity contribution in [2.45, 2.75) is 31.8 Å². The zero-order valence-corrected chi connectivity index (χ0v) is 13.9. The number of urea groups is 1. The van der Waals surface area contributed by atoms with Crippen molar-refractivity contribution in [2.75, 3.05) is 19.6 Å². The second-order valence-electron chi connectivity index (χ2n) is 6.57. The largest absolute Gasteiger partial charge is 0.350 e. The average Bonchev–Trinajstić information content (AvgIpc) is 3.11. The van der Waals surface area contributed by atoms with Crippen molar-refractivity contribution >= 4 is 17.8 Å². The van der Waals surface area contributed by atoms with Gasteiger partial charge in [0.15, 0.2) is 0 Å². The third kappa shape index (κ3) is 2.99. The molecule has 2 saturated heterocycles. The van der Waals surface area contributed by atoms with Crippen LogP contribution in [0.1, 0.15) is 24.5 Å². The lowest BCUT2D eigenvalue weighted by Crippen LogP contribution is -2.46. The lowest BCUT2D eigenvalue weighted by atomic mass is 9.91. The van der Waals surface area contributed by atoms with Gasteiger partial charge in [-0.05, 0) is 32.4 Å². The molecule has 1 aromatic carbocycles. The van der Waals surface area contributed by atoms with Crippen LogP contribution in [0.25, 0.3) is 0 Å². The van der Waals surface area contributed by atoms with Crippen LogP contribution in [-0.4, -0.2) is 48.4 Å². The lowest BCUT2D eigenvalue weighted by Gasteiger charge is -2.22.